The normalized spacial score (nSPS) is 12.5. The Kier molecular flexibility index (Phi) is 3.80. The number of ether oxygens (including phenoxy) is 1. The Morgan fingerprint density at radius 3 is 2.87 bits per heavy atom. The van der Waals surface area contributed by atoms with E-state index >= 15 is 0 Å². The van der Waals surface area contributed by atoms with Gasteiger partial charge in [-0.15, -0.1) is 0 Å². The molecule has 82 valence electrons. The molecule has 0 spiro atoms. The summed E-state index contributed by atoms with van der Waals surface area (Å²) in [6.07, 6.45) is 1.12. The highest BCUT2D eigenvalue weighted by Gasteiger charge is 2.20. The number of aryl methyl sites for hydroxylation is 1. The molecule has 0 saturated carbocycles. The van der Waals surface area contributed by atoms with E-state index in [1.165, 1.54) is 0 Å². The first-order chi connectivity index (χ1) is 7.07. The molecule has 0 saturated heterocycles. The number of aromatic nitrogens is 1. The van der Waals surface area contributed by atoms with Crippen LogP contribution in [0.4, 0.5) is 5.82 Å². The molecule has 0 fully saturated rings. The number of pyridine rings is 1. The third-order valence-corrected chi connectivity index (χ3v) is 2.22. The number of carbonyl (C=O) groups excluding carboxylic acids is 1. The number of Topliss-reactive ketones (excluding diaryl/α,β-unsaturated/α-hetero) is 1. The van der Waals surface area contributed by atoms with Crippen molar-refractivity contribution in [3.8, 4) is 0 Å². The molecule has 0 bridgehead atoms. The second kappa shape index (κ2) is 4.89. The smallest absolute Gasteiger partial charge is 0.195 e. The Balaban J connectivity index is 3.00. The summed E-state index contributed by atoms with van der Waals surface area (Å²) in [5.74, 6) is 0.159. The van der Waals surface area contributed by atoms with Crippen molar-refractivity contribution < 1.29 is 9.53 Å². The standard InChI is InChI=1S/C11H16N2O2/c1-4-15-8(3)10(14)9-7(2)5-6-13-11(9)12/h5-6,8H,4H2,1-3H3,(H2,12,13). The Bertz CT molecular complexity index is 343. The minimum atomic E-state index is -0.472. The molecule has 1 heterocycles. The molecule has 4 heteroatoms. The first-order valence-electron chi connectivity index (χ1n) is 4.94. The predicted octanol–water partition coefficient (Wildman–Crippen LogP) is 1.58. The lowest BCUT2D eigenvalue weighted by Gasteiger charge is -2.13. The lowest BCUT2D eigenvalue weighted by Crippen LogP contribution is -2.23. The van der Waals surface area contributed by atoms with Gasteiger partial charge in [-0.3, -0.25) is 4.79 Å². The summed E-state index contributed by atoms with van der Waals surface area (Å²) in [5, 5.41) is 0. The third-order valence-electron chi connectivity index (χ3n) is 2.22. The molecule has 1 aromatic rings. The predicted molar refractivity (Wildman–Crippen MR) is 58.8 cm³/mol. The molecule has 0 amide bonds. The van der Waals surface area contributed by atoms with E-state index in [1.54, 1.807) is 19.2 Å². The van der Waals surface area contributed by atoms with Gasteiger partial charge in [-0.2, -0.15) is 0 Å². The highest BCUT2D eigenvalue weighted by molar-refractivity contribution is 6.04. The molecule has 0 aromatic carbocycles. The molecule has 0 aliphatic rings. The Labute approximate surface area is 89.5 Å². The zero-order valence-electron chi connectivity index (χ0n) is 9.28. The summed E-state index contributed by atoms with van der Waals surface area (Å²) in [7, 11) is 0. The van der Waals surface area contributed by atoms with Crippen LogP contribution in [0.25, 0.3) is 0 Å². The fourth-order valence-electron chi connectivity index (χ4n) is 1.43. The van der Waals surface area contributed by atoms with Gasteiger partial charge in [0.25, 0.3) is 0 Å². The number of anilines is 1. The van der Waals surface area contributed by atoms with E-state index in [9.17, 15) is 4.79 Å². The molecule has 2 N–H and O–H groups in total. The summed E-state index contributed by atoms with van der Waals surface area (Å²) >= 11 is 0. The van der Waals surface area contributed by atoms with Gasteiger partial charge < -0.3 is 10.5 Å². The molecule has 15 heavy (non-hydrogen) atoms. The molecule has 4 nitrogen and oxygen atoms in total. The summed E-state index contributed by atoms with van der Waals surface area (Å²) in [6, 6.07) is 1.77. The number of nitrogens with zero attached hydrogens (tertiary/aromatic N) is 1. The van der Waals surface area contributed by atoms with Crippen molar-refractivity contribution >= 4 is 11.6 Å². The summed E-state index contributed by atoms with van der Waals surface area (Å²) < 4.78 is 5.24. The van der Waals surface area contributed by atoms with Crippen LogP contribution in [-0.2, 0) is 4.74 Å². The third kappa shape index (κ3) is 2.53. The van der Waals surface area contributed by atoms with Crippen LogP contribution in [0.1, 0.15) is 29.8 Å². The van der Waals surface area contributed by atoms with Gasteiger partial charge in [-0.25, -0.2) is 4.98 Å². The number of hydrogen-bond acceptors (Lipinski definition) is 4. The summed E-state index contributed by atoms with van der Waals surface area (Å²) in [5.41, 5.74) is 6.97. The van der Waals surface area contributed by atoms with E-state index in [2.05, 4.69) is 4.98 Å². The lowest BCUT2D eigenvalue weighted by molar-refractivity contribution is 0.0520. The Morgan fingerprint density at radius 1 is 1.67 bits per heavy atom. The quantitative estimate of drug-likeness (QED) is 0.763. The lowest BCUT2D eigenvalue weighted by atomic mass is 10.0. The number of rotatable bonds is 4. The van der Waals surface area contributed by atoms with Crippen LogP contribution in [-0.4, -0.2) is 23.5 Å². The SMILES string of the molecule is CCOC(C)C(=O)c1c(C)ccnc1N. The molecular weight excluding hydrogens is 192 g/mol. The molecule has 1 rings (SSSR count). The Hall–Kier alpha value is -1.42. The maximum atomic E-state index is 11.9. The van der Waals surface area contributed by atoms with E-state index in [0.29, 0.717) is 12.2 Å². The molecule has 1 atom stereocenters. The topological polar surface area (TPSA) is 65.2 Å². The number of nitrogens with two attached hydrogens (primary N) is 1. The molecule has 0 aliphatic carbocycles. The number of ketones is 1. The molecule has 0 aliphatic heterocycles. The van der Waals surface area contributed by atoms with Crippen molar-refractivity contribution in [3.63, 3.8) is 0 Å². The minimum Gasteiger partial charge on any atom is -0.383 e. The van der Waals surface area contributed by atoms with Gasteiger partial charge in [0.05, 0.1) is 5.56 Å². The highest BCUT2D eigenvalue weighted by atomic mass is 16.5. The van der Waals surface area contributed by atoms with Gasteiger partial charge in [-0.05, 0) is 32.4 Å². The molecule has 0 radical (unpaired) electrons. The summed E-state index contributed by atoms with van der Waals surface area (Å²) in [6.45, 7) is 5.91. The van der Waals surface area contributed by atoms with Crippen LogP contribution < -0.4 is 5.73 Å². The first-order valence-corrected chi connectivity index (χ1v) is 4.94. The van der Waals surface area contributed by atoms with Crippen molar-refractivity contribution in [2.24, 2.45) is 0 Å². The van der Waals surface area contributed by atoms with Crippen LogP contribution in [0.3, 0.4) is 0 Å². The highest BCUT2D eigenvalue weighted by Crippen LogP contribution is 2.16. The average molecular weight is 208 g/mol. The minimum absolute atomic E-state index is 0.111. The van der Waals surface area contributed by atoms with Gasteiger partial charge >= 0.3 is 0 Å². The molecule has 1 unspecified atom stereocenters. The van der Waals surface area contributed by atoms with Crippen molar-refractivity contribution in [1.29, 1.82) is 0 Å². The van der Waals surface area contributed by atoms with Crippen molar-refractivity contribution in [3.05, 3.63) is 23.4 Å². The van der Waals surface area contributed by atoms with Crippen molar-refractivity contribution in [2.75, 3.05) is 12.3 Å². The maximum Gasteiger partial charge on any atom is 0.195 e. The average Bonchev–Trinajstić information content (AvgIpc) is 2.17. The second-order valence-electron chi connectivity index (χ2n) is 3.35. The van der Waals surface area contributed by atoms with E-state index < -0.39 is 6.10 Å². The zero-order chi connectivity index (χ0) is 11.4. The van der Waals surface area contributed by atoms with Crippen LogP contribution >= 0.6 is 0 Å². The first kappa shape index (κ1) is 11.7. The number of carbonyl (C=O) groups is 1. The number of hydrogen-bond donors (Lipinski definition) is 1. The monoisotopic (exact) mass is 208 g/mol. The van der Waals surface area contributed by atoms with Gasteiger partial charge in [0.2, 0.25) is 0 Å². The fraction of sp³-hybridized carbons (Fsp3) is 0.455. The summed E-state index contributed by atoms with van der Waals surface area (Å²) in [4.78, 5) is 15.8. The largest absolute Gasteiger partial charge is 0.383 e. The number of nitrogen functional groups attached to an aromatic ring is 1. The van der Waals surface area contributed by atoms with Gasteiger partial charge in [-0.1, -0.05) is 0 Å². The molecular formula is C11H16N2O2. The second-order valence-corrected chi connectivity index (χ2v) is 3.35. The van der Waals surface area contributed by atoms with Crippen LogP contribution in [0.15, 0.2) is 12.3 Å². The van der Waals surface area contributed by atoms with E-state index in [4.69, 9.17) is 10.5 Å². The van der Waals surface area contributed by atoms with E-state index in [0.717, 1.165) is 5.56 Å². The van der Waals surface area contributed by atoms with Crippen LogP contribution in [0, 0.1) is 6.92 Å². The van der Waals surface area contributed by atoms with Gasteiger partial charge in [0.15, 0.2) is 5.78 Å². The van der Waals surface area contributed by atoms with Gasteiger partial charge in [0.1, 0.15) is 11.9 Å². The van der Waals surface area contributed by atoms with Crippen LogP contribution in [0.2, 0.25) is 0 Å². The van der Waals surface area contributed by atoms with E-state index in [-0.39, 0.29) is 11.6 Å². The van der Waals surface area contributed by atoms with Crippen molar-refractivity contribution in [2.45, 2.75) is 26.9 Å². The van der Waals surface area contributed by atoms with Crippen LogP contribution in [0.5, 0.6) is 0 Å². The molecule has 1 aromatic heterocycles. The zero-order valence-corrected chi connectivity index (χ0v) is 9.28. The maximum absolute atomic E-state index is 11.9. The van der Waals surface area contributed by atoms with Gasteiger partial charge in [0, 0.05) is 12.8 Å². The van der Waals surface area contributed by atoms with E-state index in [1.807, 2.05) is 13.8 Å². The Morgan fingerprint density at radius 2 is 2.33 bits per heavy atom. The van der Waals surface area contributed by atoms with Crippen molar-refractivity contribution in [1.82, 2.24) is 4.98 Å². The fourth-order valence-corrected chi connectivity index (χ4v) is 1.43.